The van der Waals surface area contributed by atoms with Gasteiger partial charge in [-0.3, -0.25) is 0 Å². The van der Waals surface area contributed by atoms with E-state index in [0.29, 0.717) is 11.4 Å². The Morgan fingerprint density at radius 3 is 1.42 bits per heavy atom. The number of anilines is 2. The van der Waals surface area contributed by atoms with Crippen LogP contribution in [0, 0.1) is 0 Å². The van der Waals surface area contributed by atoms with E-state index >= 15 is 0 Å². The summed E-state index contributed by atoms with van der Waals surface area (Å²) in [5.41, 5.74) is 4.83. The molecule has 4 amide bonds. The van der Waals surface area contributed by atoms with Gasteiger partial charge in [-0.05, 0) is 55.3 Å². The van der Waals surface area contributed by atoms with Crippen molar-refractivity contribution in [3.63, 3.8) is 0 Å². The number of hydrogen-bond donors (Lipinski definition) is 4. The van der Waals surface area contributed by atoms with E-state index in [-0.39, 0.29) is 24.1 Å². The molecule has 5 rings (SSSR count). The van der Waals surface area contributed by atoms with Crippen molar-refractivity contribution < 1.29 is 9.59 Å². The molecule has 0 aliphatic rings. The lowest BCUT2D eigenvalue weighted by molar-refractivity contribution is 0.248. The van der Waals surface area contributed by atoms with Crippen LogP contribution in [0.4, 0.5) is 21.0 Å². The molecule has 0 saturated heterocycles. The number of fused-ring (bicyclic) bond motifs is 2. The molecule has 2 atom stereocenters. The Labute approximate surface area is 221 Å². The lowest BCUT2D eigenvalue weighted by Gasteiger charge is -2.15. The molecule has 0 aliphatic carbocycles. The minimum Gasteiger partial charge on any atom is -0.331 e. The van der Waals surface area contributed by atoms with Gasteiger partial charge in [-0.25, -0.2) is 14.6 Å². The molecule has 1 aromatic heterocycles. The molecule has 7 nitrogen and oxygen atoms in total. The van der Waals surface area contributed by atoms with Gasteiger partial charge in [-0.15, -0.1) is 0 Å². The second-order valence-electron chi connectivity index (χ2n) is 9.26. The fourth-order valence-corrected chi connectivity index (χ4v) is 4.36. The Kier molecular flexibility index (Phi) is 7.17. The number of hydrogen-bond acceptors (Lipinski definition) is 3. The molecule has 0 fully saturated rings. The van der Waals surface area contributed by atoms with Gasteiger partial charge in [0.1, 0.15) is 0 Å². The van der Waals surface area contributed by atoms with Crippen molar-refractivity contribution >= 4 is 45.2 Å². The van der Waals surface area contributed by atoms with Crippen LogP contribution in [-0.4, -0.2) is 17.0 Å². The van der Waals surface area contributed by atoms with Crippen LogP contribution in [-0.2, 0) is 0 Å². The zero-order valence-corrected chi connectivity index (χ0v) is 21.2. The largest absolute Gasteiger partial charge is 0.331 e. The third-order valence-corrected chi connectivity index (χ3v) is 6.42. The van der Waals surface area contributed by atoms with Gasteiger partial charge in [0.15, 0.2) is 0 Å². The zero-order valence-electron chi connectivity index (χ0n) is 21.2. The van der Waals surface area contributed by atoms with Gasteiger partial charge in [0, 0.05) is 22.1 Å². The molecular formula is C31H29N5O2. The summed E-state index contributed by atoms with van der Waals surface area (Å²) in [6, 6.07) is 32.1. The third kappa shape index (κ3) is 5.90. The number of rotatable bonds is 6. The van der Waals surface area contributed by atoms with E-state index < -0.39 is 0 Å². The number of aromatic nitrogens is 1. The number of nitrogens with one attached hydrogen (secondary N) is 4. The van der Waals surface area contributed by atoms with Crippen molar-refractivity contribution in [2.24, 2.45) is 0 Å². The summed E-state index contributed by atoms with van der Waals surface area (Å²) >= 11 is 0. The lowest BCUT2D eigenvalue weighted by atomic mass is 10.1. The summed E-state index contributed by atoms with van der Waals surface area (Å²) in [5.74, 6) is 0. The van der Waals surface area contributed by atoms with Crippen LogP contribution in [0.1, 0.15) is 37.1 Å². The number of pyridine rings is 1. The first kappa shape index (κ1) is 24.8. The summed E-state index contributed by atoms with van der Waals surface area (Å²) in [7, 11) is 0. The van der Waals surface area contributed by atoms with Gasteiger partial charge >= 0.3 is 12.1 Å². The van der Waals surface area contributed by atoms with Crippen molar-refractivity contribution in [1.82, 2.24) is 15.6 Å². The zero-order chi connectivity index (χ0) is 26.5. The second kappa shape index (κ2) is 11.0. The van der Waals surface area contributed by atoms with E-state index in [1.165, 1.54) is 0 Å². The minimum atomic E-state index is -0.288. The summed E-state index contributed by atoms with van der Waals surface area (Å²) in [4.78, 5) is 29.9. The normalized spacial score (nSPS) is 12.5. The molecule has 4 aromatic carbocycles. The van der Waals surface area contributed by atoms with E-state index in [4.69, 9.17) is 4.98 Å². The molecule has 0 aliphatic heterocycles. The maximum Gasteiger partial charge on any atom is 0.319 e. The molecule has 4 N–H and O–H groups in total. The van der Waals surface area contributed by atoms with Gasteiger partial charge in [-0.1, -0.05) is 72.8 Å². The number of carbonyl (C=O) groups excluding carboxylic acids is 2. The van der Waals surface area contributed by atoms with Crippen LogP contribution < -0.4 is 21.3 Å². The average molecular weight is 504 g/mol. The van der Waals surface area contributed by atoms with Gasteiger partial charge < -0.3 is 21.3 Å². The number of urea groups is 2. The molecule has 0 spiro atoms. The molecule has 0 radical (unpaired) electrons. The van der Waals surface area contributed by atoms with E-state index in [9.17, 15) is 9.59 Å². The van der Waals surface area contributed by atoms with E-state index in [0.717, 1.165) is 32.9 Å². The molecule has 0 saturated carbocycles. The van der Waals surface area contributed by atoms with Crippen molar-refractivity contribution in [3.05, 3.63) is 114 Å². The Morgan fingerprint density at radius 2 is 1.00 bits per heavy atom. The molecule has 190 valence electrons. The first-order valence-electron chi connectivity index (χ1n) is 12.5. The smallest absolute Gasteiger partial charge is 0.319 e. The van der Waals surface area contributed by atoms with Crippen LogP contribution in [0.2, 0.25) is 0 Å². The third-order valence-electron chi connectivity index (χ3n) is 6.42. The molecular weight excluding hydrogens is 474 g/mol. The van der Waals surface area contributed by atoms with Crippen molar-refractivity contribution in [2.75, 3.05) is 10.6 Å². The number of amides is 4. The van der Waals surface area contributed by atoms with Gasteiger partial charge in [0.25, 0.3) is 0 Å². The van der Waals surface area contributed by atoms with Gasteiger partial charge in [-0.2, -0.15) is 0 Å². The minimum absolute atomic E-state index is 0.127. The monoisotopic (exact) mass is 503 g/mol. The molecule has 5 aromatic rings. The first-order chi connectivity index (χ1) is 18.4. The number of carbonyl (C=O) groups is 2. The van der Waals surface area contributed by atoms with E-state index in [2.05, 4.69) is 21.3 Å². The highest BCUT2D eigenvalue weighted by molar-refractivity contribution is 5.98. The van der Waals surface area contributed by atoms with Crippen LogP contribution in [0.25, 0.3) is 21.8 Å². The SMILES string of the molecule is C[C@@H](NC(=O)Nc1ccc2cc3ccc(NC(=O)N[C@H](C)c4ccccc4)cc3nc2c1)c1ccccc1. The Balaban J connectivity index is 1.28. The summed E-state index contributed by atoms with van der Waals surface area (Å²) in [6.07, 6.45) is 0. The lowest BCUT2D eigenvalue weighted by Crippen LogP contribution is -2.31. The average Bonchev–Trinajstić information content (AvgIpc) is 2.92. The maximum atomic E-state index is 12.6. The Bertz CT molecular complexity index is 1470. The topological polar surface area (TPSA) is 95.2 Å². The number of benzene rings is 4. The fraction of sp³-hybridized carbons (Fsp3) is 0.129. The fourth-order valence-electron chi connectivity index (χ4n) is 4.36. The summed E-state index contributed by atoms with van der Waals surface area (Å²) in [6.45, 7) is 3.88. The standard InChI is InChI=1S/C31H29N5O2/c1-20(22-9-5-3-6-10-22)32-30(37)34-26-15-13-24-17-25-14-16-27(19-29(25)36-28(24)18-26)35-31(38)33-21(2)23-11-7-4-8-12-23/h3-21H,1-2H3,(H2,32,34,37)(H2,33,35,38)/t20-,21-/m1/s1. The van der Waals surface area contributed by atoms with E-state index in [1.807, 2.05) is 117 Å². The van der Waals surface area contributed by atoms with Gasteiger partial charge in [0.05, 0.1) is 23.1 Å². The van der Waals surface area contributed by atoms with Crippen LogP contribution in [0.5, 0.6) is 0 Å². The van der Waals surface area contributed by atoms with Crippen molar-refractivity contribution in [1.29, 1.82) is 0 Å². The highest BCUT2D eigenvalue weighted by Gasteiger charge is 2.12. The highest BCUT2D eigenvalue weighted by atomic mass is 16.2. The first-order valence-corrected chi connectivity index (χ1v) is 12.5. The van der Waals surface area contributed by atoms with Crippen LogP contribution in [0.15, 0.2) is 103 Å². The quantitative estimate of drug-likeness (QED) is 0.185. The highest BCUT2D eigenvalue weighted by Crippen LogP contribution is 2.25. The second-order valence-corrected chi connectivity index (χ2v) is 9.26. The van der Waals surface area contributed by atoms with E-state index in [1.54, 1.807) is 0 Å². The van der Waals surface area contributed by atoms with Crippen molar-refractivity contribution in [3.8, 4) is 0 Å². The Morgan fingerprint density at radius 1 is 0.579 bits per heavy atom. The van der Waals surface area contributed by atoms with Gasteiger partial charge in [0.2, 0.25) is 0 Å². The predicted octanol–water partition coefficient (Wildman–Crippen LogP) is 7.15. The molecule has 0 bridgehead atoms. The Hall–Kier alpha value is -4.91. The van der Waals surface area contributed by atoms with Crippen LogP contribution in [0.3, 0.4) is 0 Å². The molecule has 38 heavy (non-hydrogen) atoms. The molecule has 0 unspecified atom stereocenters. The molecule has 1 heterocycles. The maximum absolute atomic E-state index is 12.6. The summed E-state index contributed by atoms with van der Waals surface area (Å²) in [5, 5.41) is 13.6. The van der Waals surface area contributed by atoms with Crippen LogP contribution >= 0.6 is 0 Å². The van der Waals surface area contributed by atoms with Crippen molar-refractivity contribution in [2.45, 2.75) is 25.9 Å². The predicted molar refractivity (Wildman–Crippen MR) is 153 cm³/mol. The summed E-state index contributed by atoms with van der Waals surface area (Å²) < 4.78 is 0. The molecule has 7 heteroatoms. The number of nitrogens with zero attached hydrogens (tertiary/aromatic N) is 1.